The standard InChI is InChI=1S/C28H31F3N2O3/c1-27(26(34)32-2,21-8-6-5-7-9-21)33-23(20-13-17-24(35-3)25(18-20)36-4)16-12-19-10-14-22(15-11-19)28(29,30)31/h5-11,13-15,17-18,23,33H,12,16H2,1-4H3,(H,32,34)/t23-,27?/m0/s1. The number of alkyl halides is 3. The molecule has 192 valence electrons. The molecule has 0 aromatic heterocycles. The average Bonchev–Trinajstić information content (AvgIpc) is 2.90. The lowest BCUT2D eigenvalue weighted by Crippen LogP contribution is -2.52. The Morgan fingerprint density at radius 1 is 0.889 bits per heavy atom. The fourth-order valence-electron chi connectivity index (χ4n) is 4.21. The smallest absolute Gasteiger partial charge is 0.416 e. The van der Waals surface area contributed by atoms with Gasteiger partial charge in [-0.05, 0) is 60.7 Å². The molecule has 0 saturated heterocycles. The number of carbonyl (C=O) groups excluding carboxylic acids is 1. The van der Waals surface area contributed by atoms with Crippen molar-refractivity contribution in [2.75, 3.05) is 21.3 Å². The first kappa shape index (κ1) is 27.1. The third-order valence-electron chi connectivity index (χ3n) is 6.31. The van der Waals surface area contributed by atoms with E-state index in [1.165, 1.54) is 12.1 Å². The van der Waals surface area contributed by atoms with Crippen molar-refractivity contribution in [1.29, 1.82) is 0 Å². The van der Waals surface area contributed by atoms with E-state index in [0.29, 0.717) is 24.3 Å². The second kappa shape index (κ2) is 11.5. The molecule has 5 nitrogen and oxygen atoms in total. The quantitative estimate of drug-likeness (QED) is 0.378. The average molecular weight is 501 g/mol. The summed E-state index contributed by atoms with van der Waals surface area (Å²) >= 11 is 0. The van der Waals surface area contributed by atoms with Crippen LogP contribution < -0.4 is 20.1 Å². The van der Waals surface area contributed by atoms with E-state index in [1.807, 2.05) is 49.4 Å². The van der Waals surface area contributed by atoms with Gasteiger partial charge >= 0.3 is 6.18 Å². The zero-order chi connectivity index (χ0) is 26.3. The van der Waals surface area contributed by atoms with Crippen molar-refractivity contribution in [2.24, 2.45) is 0 Å². The number of halogens is 3. The van der Waals surface area contributed by atoms with Crippen LogP contribution in [-0.2, 0) is 22.9 Å². The van der Waals surface area contributed by atoms with E-state index in [-0.39, 0.29) is 11.9 Å². The minimum atomic E-state index is -4.38. The van der Waals surface area contributed by atoms with Crippen molar-refractivity contribution in [1.82, 2.24) is 10.6 Å². The van der Waals surface area contributed by atoms with Crippen molar-refractivity contribution >= 4 is 5.91 Å². The van der Waals surface area contributed by atoms with Gasteiger partial charge in [0.25, 0.3) is 0 Å². The molecular weight excluding hydrogens is 469 g/mol. The summed E-state index contributed by atoms with van der Waals surface area (Å²) in [6, 6.07) is 19.7. The lowest BCUT2D eigenvalue weighted by molar-refractivity contribution is -0.137. The predicted octanol–water partition coefficient (Wildman–Crippen LogP) is 5.65. The monoisotopic (exact) mass is 500 g/mol. The molecule has 3 rings (SSSR count). The van der Waals surface area contributed by atoms with Crippen LogP contribution >= 0.6 is 0 Å². The van der Waals surface area contributed by atoms with E-state index in [9.17, 15) is 18.0 Å². The lowest BCUT2D eigenvalue weighted by Gasteiger charge is -2.35. The van der Waals surface area contributed by atoms with Crippen LogP contribution in [0.5, 0.6) is 11.5 Å². The molecule has 0 aliphatic heterocycles. The molecule has 1 unspecified atom stereocenters. The van der Waals surface area contributed by atoms with Crippen LogP contribution in [0.25, 0.3) is 0 Å². The Morgan fingerprint density at radius 2 is 1.53 bits per heavy atom. The Balaban J connectivity index is 1.97. The molecule has 1 amide bonds. The Kier molecular flexibility index (Phi) is 8.63. The summed E-state index contributed by atoms with van der Waals surface area (Å²) in [6.07, 6.45) is -3.38. The van der Waals surface area contributed by atoms with Crippen molar-refractivity contribution in [3.63, 3.8) is 0 Å². The van der Waals surface area contributed by atoms with Gasteiger partial charge in [0.15, 0.2) is 11.5 Å². The summed E-state index contributed by atoms with van der Waals surface area (Å²) in [5.41, 5.74) is 0.636. The molecule has 8 heteroatoms. The molecule has 3 aromatic rings. The fourth-order valence-corrected chi connectivity index (χ4v) is 4.21. The molecule has 2 N–H and O–H groups in total. The van der Waals surface area contributed by atoms with Crippen LogP contribution in [-0.4, -0.2) is 27.2 Å². The van der Waals surface area contributed by atoms with Crippen LogP contribution in [0.3, 0.4) is 0 Å². The highest BCUT2D eigenvalue weighted by molar-refractivity contribution is 5.87. The third kappa shape index (κ3) is 6.18. The third-order valence-corrected chi connectivity index (χ3v) is 6.31. The molecule has 0 aliphatic rings. The number of aryl methyl sites for hydroxylation is 1. The summed E-state index contributed by atoms with van der Waals surface area (Å²) in [7, 11) is 4.68. The highest BCUT2D eigenvalue weighted by Crippen LogP contribution is 2.35. The topological polar surface area (TPSA) is 59.6 Å². The summed E-state index contributed by atoms with van der Waals surface area (Å²) in [4.78, 5) is 13.1. The fraction of sp³-hybridized carbons (Fsp3) is 0.321. The number of hydrogen-bond acceptors (Lipinski definition) is 4. The summed E-state index contributed by atoms with van der Waals surface area (Å²) in [5.74, 6) is 0.895. The number of benzene rings is 3. The van der Waals surface area contributed by atoms with Crippen LogP contribution in [0.4, 0.5) is 13.2 Å². The molecule has 0 heterocycles. The van der Waals surface area contributed by atoms with Gasteiger partial charge in [-0.3, -0.25) is 10.1 Å². The Hall–Kier alpha value is -3.52. The molecule has 3 aromatic carbocycles. The first-order valence-electron chi connectivity index (χ1n) is 11.6. The normalized spacial score (nSPS) is 14.0. The van der Waals surface area contributed by atoms with Gasteiger partial charge in [0.05, 0.1) is 19.8 Å². The van der Waals surface area contributed by atoms with Crippen molar-refractivity contribution in [3.8, 4) is 11.5 Å². The van der Waals surface area contributed by atoms with E-state index in [1.54, 1.807) is 27.3 Å². The molecule has 0 aliphatic carbocycles. The number of ether oxygens (including phenoxy) is 2. The second-order valence-electron chi connectivity index (χ2n) is 8.61. The highest BCUT2D eigenvalue weighted by Gasteiger charge is 2.37. The Labute approximate surface area is 209 Å². The molecule has 0 fully saturated rings. The number of amides is 1. The Morgan fingerprint density at radius 3 is 2.08 bits per heavy atom. The molecule has 0 bridgehead atoms. The number of likely N-dealkylation sites (N-methyl/N-ethyl adjacent to an activating group) is 1. The van der Waals surface area contributed by atoms with Gasteiger partial charge in [-0.15, -0.1) is 0 Å². The summed E-state index contributed by atoms with van der Waals surface area (Å²) in [5, 5.41) is 6.26. The number of methoxy groups -OCH3 is 2. The SMILES string of the molecule is CNC(=O)C(C)(N[C@@H](CCc1ccc(C(F)(F)F)cc1)c1ccc(OC)c(OC)c1)c1ccccc1. The van der Waals surface area contributed by atoms with Gasteiger partial charge in [0.1, 0.15) is 5.54 Å². The van der Waals surface area contributed by atoms with Gasteiger partial charge < -0.3 is 14.8 Å². The first-order valence-corrected chi connectivity index (χ1v) is 11.6. The zero-order valence-electron chi connectivity index (χ0n) is 20.8. The lowest BCUT2D eigenvalue weighted by atomic mass is 9.87. The first-order chi connectivity index (χ1) is 17.1. The van der Waals surface area contributed by atoms with E-state index in [2.05, 4.69) is 10.6 Å². The number of rotatable bonds is 10. The van der Waals surface area contributed by atoms with Crippen molar-refractivity contribution < 1.29 is 27.4 Å². The molecule has 36 heavy (non-hydrogen) atoms. The minimum Gasteiger partial charge on any atom is -0.493 e. The molecule has 0 spiro atoms. The van der Waals surface area contributed by atoms with Crippen LogP contribution in [0.15, 0.2) is 72.8 Å². The van der Waals surface area contributed by atoms with E-state index < -0.39 is 17.3 Å². The maximum Gasteiger partial charge on any atom is 0.416 e. The second-order valence-corrected chi connectivity index (χ2v) is 8.61. The van der Waals surface area contributed by atoms with Gasteiger partial charge in [-0.2, -0.15) is 13.2 Å². The van der Waals surface area contributed by atoms with Gasteiger partial charge in [0, 0.05) is 13.1 Å². The van der Waals surface area contributed by atoms with Gasteiger partial charge in [-0.25, -0.2) is 0 Å². The number of hydrogen-bond donors (Lipinski definition) is 2. The van der Waals surface area contributed by atoms with E-state index >= 15 is 0 Å². The van der Waals surface area contributed by atoms with Crippen LogP contribution in [0.1, 0.15) is 41.6 Å². The summed E-state index contributed by atoms with van der Waals surface area (Å²) < 4.78 is 49.8. The van der Waals surface area contributed by atoms with Crippen molar-refractivity contribution in [2.45, 2.75) is 37.5 Å². The maximum atomic E-state index is 13.1. The molecule has 0 saturated carbocycles. The molecular formula is C28H31F3N2O3. The highest BCUT2D eigenvalue weighted by atomic mass is 19.4. The predicted molar refractivity (Wildman–Crippen MR) is 133 cm³/mol. The molecule has 2 atom stereocenters. The van der Waals surface area contributed by atoms with Crippen molar-refractivity contribution in [3.05, 3.63) is 95.1 Å². The van der Waals surface area contributed by atoms with E-state index in [0.717, 1.165) is 28.8 Å². The minimum absolute atomic E-state index is 0.214. The summed E-state index contributed by atoms with van der Waals surface area (Å²) in [6.45, 7) is 1.81. The van der Waals surface area contributed by atoms with Gasteiger partial charge in [0.2, 0.25) is 5.91 Å². The maximum absolute atomic E-state index is 13.1. The Bertz CT molecular complexity index is 1150. The van der Waals surface area contributed by atoms with E-state index in [4.69, 9.17) is 9.47 Å². The largest absolute Gasteiger partial charge is 0.493 e. The number of nitrogens with one attached hydrogen (secondary N) is 2. The van der Waals surface area contributed by atoms with Gasteiger partial charge in [-0.1, -0.05) is 48.5 Å². The van der Waals surface area contributed by atoms with Crippen LogP contribution in [0, 0.1) is 0 Å². The number of carbonyl (C=O) groups is 1. The van der Waals surface area contributed by atoms with Crippen LogP contribution in [0.2, 0.25) is 0 Å². The molecule has 0 radical (unpaired) electrons. The zero-order valence-corrected chi connectivity index (χ0v) is 20.8.